The van der Waals surface area contributed by atoms with E-state index < -0.39 is 0 Å². The van der Waals surface area contributed by atoms with Gasteiger partial charge in [0.25, 0.3) is 0 Å². The second kappa shape index (κ2) is 18.4. The minimum absolute atomic E-state index is 0.214. The van der Waals surface area contributed by atoms with Gasteiger partial charge in [0.1, 0.15) is 19.0 Å². The van der Waals surface area contributed by atoms with Crippen LogP contribution in [0.5, 0.6) is 17.5 Å². The van der Waals surface area contributed by atoms with Gasteiger partial charge in [0.2, 0.25) is 11.8 Å². The van der Waals surface area contributed by atoms with Gasteiger partial charge in [-0.05, 0) is 96.1 Å². The number of hydrogen-bond acceptors (Lipinski definition) is 12. The highest BCUT2D eigenvalue weighted by Crippen LogP contribution is 2.33. The van der Waals surface area contributed by atoms with Gasteiger partial charge in [0.15, 0.2) is 0 Å². The maximum absolute atomic E-state index is 12.3. The van der Waals surface area contributed by atoms with Gasteiger partial charge in [-0.3, -0.25) is 0 Å². The molecule has 0 aliphatic rings. The standard InChI is InChI=1S/C23H20N6O2.C23H23N5O3/c1-15-7-6-10-21(29-23(30)28(3)26-27-29)20(15)14-31-22-12-11-18(16(2)25-22)19-9-5-4-8-17(19)13-24;1-15-8-7-10-20(28-23(29)27(3)25-26-28)19(15)14-31-22-13-12-17(16(2)24-22)18-9-5-6-11-21(18)30-4/h4-12H,14H2,1-3H3;5-13H,14H2,1-4H3. The molecule has 0 radical (unpaired) electrons. The quantitative estimate of drug-likeness (QED) is 0.142. The van der Waals surface area contributed by atoms with Crippen LogP contribution in [-0.2, 0) is 27.3 Å². The van der Waals surface area contributed by atoms with Crippen molar-refractivity contribution in [1.82, 2.24) is 49.5 Å². The molecule has 16 heteroatoms. The Balaban J connectivity index is 0.000000186. The van der Waals surface area contributed by atoms with E-state index in [0.717, 1.165) is 61.6 Å². The number of aryl methyl sites for hydroxylation is 6. The Hall–Kier alpha value is -8.19. The summed E-state index contributed by atoms with van der Waals surface area (Å²) in [5.74, 6) is 1.74. The van der Waals surface area contributed by atoms with Crippen molar-refractivity contribution in [2.75, 3.05) is 7.11 Å². The van der Waals surface area contributed by atoms with Crippen LogP contribution in [0.1, 0.15) is 39.2 Å². The van der Waals surface area contributed by atoms with Gasteiger partial charge in [-0.1, -0.05) is 60.7 Å². The third-order valence-electron chi connectivity index (χ3n) is 10.3. The number of methoxy groups -OCH3 is 1. The average Bonchev–Trinajstić information content (AvgIpc) is 3.80. The number of tetrazole rings is 2. The summed E-state index contributed by atoms with van der Waals surface area (Å²) in [5.41, 5.74) is 10.1. The summed E-state index contributed by atoms with van der Waals surface area (Å²) in [4.78, 5) is 33.8. The maximum Gasteiger partial charge on any atom is 0.368 e. The Labute approximate surface area is 356 Å². The molecule has 0 fully saturated rings. The summed E-state index contributed by atoms with van der Waals surface area (Å²) >= 11 is 0. The molecule has 0 N–H and O–H groups in total. The van der Waals surface area contributed by atoms with E-state index in [2.05, 4.69) is 36.9 Å². The molecule has 0 aliphatic heterocycles. The number of hydrogen-bond donors (Lipinski definition) is 0. The minimum atomic E-state index is -0.332. The minimum Gasteiger partial charge on any atom is -0.496 e. The Bertz CT molecular complexity index is 3070. The summed E-state index contributed by atoms with van der Waals surface area (Å²) in [7, 11) is 4.77. The molecule has 4 aromatic heterocycles. The zero-order chi connectivity index (χ0) is 43.9. The van der Waals surface area contributed by atoms with Crippen LogP contribution in [0.25, 0.3) is 33.6 Å². The fourth-order valence-electron chi connectivity index (χ4n) is 6.86. The van der Waals surface area contributed by atoms with Gasteiger partial charge in [0.05, 0.1) is 30.1 Å². The van der Waals surface area contributed by atoms with E-state index in [0.29, 0.717) is 28.7 Å². The average molecular weight is 830 g/mol. The monoisotopic (exact) mass is 829 g/mol. The Morgan fingerprint density at radius 3 is 1.47 bits per heavy atom. The maximum atomic E-state index is 12.3. The summed E-state index contributed by atoms with van der Waals surface area (Å²) in [5, 5.41) is 24.8. The normalized spacial score (nSPS) is 10.7. The first-order chi connectivity index (χ1) is 30.0. The third kappa shape index (κ3) is 8.73. The van der Waals surface area contributed by atoms with Crippen LogP contribution >= 0.6 is 0 Å². The number of nitrogens with zero attached hydrogens (tertiary/aromatic N) is 11. The molecular weight excluding hydrogens is 787 g/mol. The van der Waals surface area contributed by atoms with Gasteiger partial charge in [-0.25, -0.2) is 19.6 Å². The van der Waals surface area contributed by atoms with E-state index in [1.807, 2.05) is 125 Å². The number of rotatable bonds is 11. The van der Waals surface area contributed by atoms with Crippen LogP contribution in [0.15, 0.2) is 119 Å². The van der Waals surface area contributed by atoms with E-state index >= 15 is 0 Å². The van der Waals surface area contributed by atoms with Crippen molar-refractivity contribution >= 4 is 0 Å². The second-order valence-electron chi connectivity index (χ2n) is 14.2. The molecule has 16 nitrogen and oxygen atoms in total. The van der Waals surface area contributed by atoms with Gasteiger partial charge in [-0.2, -0.15) is 24.0 Å². The van der Waals surface area contributed by atoms with Crippen LogP contribution in [0.4, 0.5) is 0 Å². The fraction of sp³-hybridized carbons (Fsp3) is 0.196. The lowest BCUT2D eigenvalue weighted by Crippen LogP contribution is -2.23. The summed E-state index contributed by atoms with van der Waals surface area (Å²) in [6.45, 7) is 8.19. The lowest BCUT2D eigenvalue weighted by Gasteiger charge is -2.14. The summed E-state index contributed by atoms with van der Waals surface area (Å²) in [6, 6.07) is 36.2. The van der Waals surface area contributed by atoms with Crippen molar-refractivity contribution in [3.8, 4) is 57.2 Å². The van der Waals surface area contributed by atoms with Crippen molar-refractivity contribution < 1.29 is 14.2 Å². The van der Waals surface area contributed by atoms with E-state index in [9.17, 15) is 14.9 Å². The largest absolute Gasteiger partial charge is 0.496 e. The molecule has 0 amide bonds. The fourth-order valence-corrected chi connectivity index (χ4v) is 6.86. The SMILES string of the molecule is COc1ccccc1-c1ccc(OCc2c(C)cccc2-n2nnn(C)c2=O)nc1C.Cc1cccc(-n2nnn(C)c2=O)c1COc1ccc(-c2ccccc2C#N)c(C)n1. The van der Waals surface area contributed by atoms with E-state index in [-0.39, 0.29) is 24.6 Å². The molecular formula is C46H43N11O5. The Morgan fingerprint density at radius 2 is 1.02 bits per heavy atom. The van der Waals surface area contributed by atoms with Crippen LogP contribution in [0, 0.1) is 39.0 Å². The molecule has 0 saturated heterocycles. The predicted molar refractivity (Wildman–Crippen MR) is 231 cm³/mol. The molecule has 4 aromatic carbocycles. The van der Waals surface area contributed by atoms with Crippen LogP contribution in [0.3, 0.4) is 0 Å². The van der Waals surface area contributed by atoms with Gasteiger partial charge in [-0.15, -0.1) is 0 Å². The van der Waals surface area contributed by atoms with Gasteiger partial charge < -0.3 is 14.2 Å². The number of ether oxygens (including phenoxy) is 3. The molecule has 62 heavy (non-hydrogen) atoms. The van der Waals surface area contributed by atoms with Crippen molar-refractivity contribution in [1.29, 1.82) is 5.26 Å². The molecule has 0 saturated carbocycles. The highest BCUT2D eigenvalue weighted by atomic mass is 16.5. The topological polar surface area (TPSA) is 183 Å². The van der Waals surface area contributed by atoms with Crippen LogP contribution < -0.4 is 25.6 Å². The first-order valence-electron chi connectivity index (χ1n) is 19.5. The number of nitriles is 1. The van der Waals surface area contributed by atoms with E-state index in [1.165, 1.54) is 18.7 Å². The Kier molecular flexibility index (Phi) is 12.4. The molecule has 8 rings (SSSR count). The molecule has 312 valence electrons. The Morgan fingerprint density at radius 1 is 0.548 bits per heavy atom. The zero-order valence-electron chi connectivity index (χ0n) is 35.3. The molecule has 0 aliphatic carbocycles. The number of para-hydroxylation sites is 1. The van der Waals surface area contributed by atoms with Crippen molar-refractivity contribution in [3.63, 3.8) is 0 Å². The number of aromatic nitrogens is 10. The van der Waals surface area contributed by atoms with Crippen molar-refractivity contribution in [2.45, 2.75) is 40.9 Å². The predicted octanol–water partition coefficient (Wildman–Crippen LogP) is 6.33. The van der Waals surface area contributed by atoms with Gasteiger partial charge >= 0.3 is 11.4 Å². The van der Waals surface area contributed by atoms with Gasteiger partial charge in [0, 0.05) is 71.0 Å². The highest BCUT2D eigenvalue weighted by Gasteiger charge is 2.17. The van der Waals surface area contributed by atoms with E-state index in [1.54, 1.807) is 33.3 Å². The lowest BCUT2D eigenvalue weighted by molar-refractivity contribution is 0.292. The summed E-state index contributed by atoms with van der Waals surface area (Å²) in [6.07, 6.45) is 0. The third-order valence-corrected chi connectivity index (χ3v) is 10.3. The zero-order valence-corrected chi connectivity index (χ0v) is 35.3. The highest BCUT2D eigenvalue weighted by molar-refractivity contribution is 5.73. The van der Waals surface area contributed by atoms with Crippen molar-refractivity contribution in [2.24, 2.45) is 14.1 Å². The van der Waals surface area contributed by atoms with Crippen LogP contribution in [0.2, 0.25) is 0 Å². The number of benzene rings is 4. The smallest absolute Gasteiger partial charge is 0.368 e. The first kappa shape index (κ1) is 42.0. The molecule has 0 atom stereocenters. The first-order valence-corrected chi connectivity index (χ1v) is 19.5. The van der Waals surface area contributed by atoms with Crippen LogP contribution in [-0.4, -0.2) is 56.7 Å². The molecule has 0 bridgehead atoms. The lowest BCUT2D eigenvalue weighted by atomic mass is 9.99. The molecule has 0 spiro atoms. The summed E-state index contributed by atoms with van der Waals surface area (Å²) < 4.78 is 22.3. The molecule has 4 heterocycles. The van der Waals surface area contributed by atoms with Crippen molar-refractivity contribution in [3.05, 3.63) is 169 Å². The molecule has 8 aromatic rings. The second-order valence-corrected chi connectivity index (χ2v) is 14.2. The molecule has 0 unspecified atom stereocenters. The number of pyridine rings is 2. The van der Waals surface area contributed by atoms with E-state index in [4.69, 9.17) is 14.2 Å².